The zero-order valence-electron chi connectivity index (χ0n) is 18.6. The van der Waals surface area contributed by atoms with Crippen molar-refractivity contribution in [1.82, 2.24) is 4.98 Å². The molecule has 1 saturated heterocycles. The van der Waals surface area contributed by atoms with Gasteiger partial charge in [0.05, 0.1) is 22.4 Å². The Balaban J connectivity index is 1.65. The summed E-state index contributed by atoms with van der Waals surface area (Å²) in [6.45, 7) is 4.51. The first-order valence-corrected chi connectivity index (χ1v) is 12.7. The molecule has 0 bridgehead atoms. The van der Waals surface area contributed by atoms with E-state index < -0.39 is 17.7 Å². The van der Waals surface area contributed by atoms with Gasteiger partial charge in [-0.1, -0.05) is 48.6 Å². The number of benzene rings is 2. The van der Waals surface area contributed by atoms with Gasteiger partial charge in [0, 0.05) is 10.4 Å². The smallest absolute Gasteiger partial charge is 0.301 e. The van der Waals surface area contributed by atoms with Gasteiger partial charge in [-0.25, -0.2) is 4.98 Å². The summed E-state index contributed by atoms with van der Waals surface area (Å²) in [4.78, 5) is 33.4. The molecule has 0 spiro atoms. The highest BCUT2D eigenvalue weighted by Gasteiger charge is 2.48. The maximum absolute atomic E-state index is 13.3. The van der Waals surface area contributed by atoms with Gasteiger partial charge in [0.2, 0.25) is 0 Å². The number of aryl methyl sites for hydroxylation is 1. The first-order chi connectivity index (χ1) is 16.5. The fraction of sp³-hybridized carbons (Fsp3) is 0.192. The summed E-state index contributed by atoms with van der Waals surface area (Å²) in [6, 6.07) is 15.9. The van der Waals surface area contributed by atoms with Gasteiger partial charge in [-0.2, -0.15) is 0 Å². The van der Waals surface area contributed by atoms with Gasteiger partial charge in [0.15, 0.2) is 5.13 Å². The quantitative estimate of drug-likeness (QED) is 0.205. The van der Waals surface area contributed by atoms with Gasteiger partial charge in [-0.05, 0) is 48.6 Å². The molecule has 1 atom stereocenters. The summed E-state index contributed by atoms with van der Waals surface area (Å²) < 4.78 is 6.44. The maximum atomic E-state index is 13.3. The molecule has 1 aliphatic heterocycles. The number of thiophene rings is 1. The Hall–Kier alpha value is -3.49. The zero-order valence-corrected chi connectivity index (χ0v) is 20.3. The SMILES string of the molecule is CCOc1ccc2nc(N3C(=O)C(=O)/C(=C(/O)c4ccc(CC)cc4)C3c3cccs3)sc2c1. The number of amides is 1. The van der Waals surface area contributed by atoms with Crippen molar-refractivity contribution in [3.63, 3.8) is 0 Å². The fourth-order valence-corrected chi connectivity index (χ4v) is 5.90. The third kappa shape index (κ3) is 3.78. The minimum Gasteiger partial charge on any atom is -0.507 e. The van der Waals surface area contributed by atoms with Crippen molar-refractivity contribution in [3.05, 3.63) is 81.6 Å². The second-order valence-electron chi connectivity index (χ2n) is 7.79. The molecule has 1 aliphatic rings. The summed E-state index contributed by atoms with van der Waals surface area (Å²) >= 11 is 2.74. The Morgan fingerprint density at radius 2 is 1.91 bits per heavy atom. The molecular formula is C26H22N2O4S2. The molecule has 0 saturated carbocycles. The molecular weight excluding hydrogens is 468 g/mol. The zero-order chi connectivity index (χ0) is 23.8. The standard InChI is InChI=1S/C26H22N2O4S2/c1-3-15-7-9-16(10-8-15)23(29)21-22(19-6-5-13-33-19)28(25(31)24(21)30)26-27-18-12-11-17(32-4-2)14-20(18)34-26/h5-14,22,29H,3-4H2,1-2H3/b23-21+. The van der Waals surface area contributed by atoms with Crippen molar-refractivity contribution in [2.75, 3.05) is 11.5 Å². The molecule has 2 aromatic carbocycles. The van der Waals surface area contributed by atoms with Crippen molar-refractivity contribution in [1.29, 1.82) is 0 Å². The Labute approximate surface area is 204 Å². The first kappa shape index (κ1) is 22.3. The van der Waals surface area contributed by atoms with Crippen LogP contribution in [0.1, 0.15) is 35.9 Å². The Morgan fingerprint density at radius 3 is 2.59 bits per heavy atom. The van der Waals surface area contributed by atoms with Gasteiger partial charge in [0.1, 0.15) is 17.6 Å². The largest absolute Gasteiger partial charge is 0.507 e. The minimum atomic E-state index is -0.752. The van der Waals surface area contributed by atoms with Crippen molar-refractivity contribution in [3.8, 4) is 5.75 Å². The lowest BCUT2D eigenvalue weighted by Gasteiger charge is -2.21. The lowest BCUT2D eigenvalue weighted by molar-refractivity contribution is -0.132. The van der Waals surface area contributed by atoms with Gasteiger partial charge in [-0.15, -0.1) is 11.3 Å². The summed E-state index contributed by atoms with van der Waals surface area (Å²) in [5.41, 5.74) is 2.41. The molecule has 4 aromatic rings. The number of carbonyl (C=O) groups excluding carboxylic acids is 2. The van der Waals surface area contributed by atoms with Crippen LogP contribution in [0.25, 0.3) is 16.0 Å². The predicted molar refractivity (Wildman–Crippen MR) is 136 cm³/mol. The number of fused-ring (bicyclic) bond motifs is 1. The van der Waals surface area contributed by atoms with E-state index in [9.17, 15) is 14.7 Å². The van der Waals surface area contributed by atoms with Crippen molar-refractivity contribution in [2.24, 2.45) is 0 Å². The number of anilines is 1. The summed E-state index contributed by atoms with van der Waals surface area (Å²) in [5.74, 6) is -0.877. The normalized spacial score (nSPS) is 17.6. The molecule has 5 rings (SSSR count). The minimum absolute atomic E-state index is 0.0750. The number of aliphatic hydroxyl groups excluding tert-OH is 1. The molecule has 172 valence electrons. The number of carbonyl (C=O) groups is 2. The summed E-state index contributed by atoms with van der Waals surface area (Å²) in [7, 11) is 0. The van der Waals surface area contributed by atoms with E-state index in [0.717, 1.165) is 27.3 Å². The number of thiazole rings is 1. The highest BCUT2D eigenvalue weighted by molar-refractivity contribution is 7.22. The second kappa shape index (κ2) is 9.04. The van der Waals surface area contributed by atoms with Crippen LogP contribution < -0.4 is 9.64 Å². The number of hydrogen-bond acceptors (Lipinski definition) is 7. The van der Waals surface area contributed by atoms with Crippen LogP contribution in [0.3, 0.4) is 0 Å². The molecule has 3 heterocycles. The number of aliphatic hydroxyl groups is 1. The summed E-state index contributed by atoms with van der Waals surface area (Å²) in [5, 5.41) is 13.5. The number of rotatable bonds is 6. The van der Waals surface area contributed by atoms with E-state index in [0.29, 0.717) is 22.8 Å². The molecule has 0 radical (unpaired) electrons. The van der Waals surface area contributed by atoms with Crippen LogP contribution in [-0.2, 0) is 16.0 Å². The summed E-state index contributed by atoms with van der Waals surface area (Å²) in [6.07, 6.45) is 0.864. The second-order valence-corrected chi connectivity index (χ2v) is 9.78. The highest BCUT2D eigenvalue weighted by atomic mass is 32.1. The van der Waals surface area contributed by atoms with E-state index in [1.54, 1.807) is 12.1 Å². The maximum Gasteiger partial charge on any atom is 0.301 e. The average Bonchev–Trinajstić information content (AvgIpc) is 3.57. The van der Waals surface area contributed by atoms with E-state index in [1.165, 1.54) is 27.6 Å². The molecule has 1 amide bonds. The van der Waals surface area contributed by atoms with E-state index in [2.05, 4.69) is 4.98 Å². The molecule has 0 aliphatic carbocycles. The Morgan fingerprint density at radius 1 is 1.12 bits per heavy atom. The molecule has 34 heavy (non-hydrogen) atoms. The predicted octanol–water partition coefficient (Wildman–Crippen LogP) is 5.95. The lowest BCUT2D eigenvalue weighted by Crippen LogP contribution is -2.28. The molecule has 1 N–H and O–H groups in total. The van der Waals surface area contributed by atoms with E-state index in [1.807, 2.05) is 61.7 Å². The van der Waals surface area contributed by atoms with Crippen LogP contribution in [0.5, 0.6) is 5.75 Å². The van der Waals surface area contributed by atoms with Crippen LogP contribution in [-0.4, -0.2) is 28.4 Å². The molecule has 1 unspecified atom stereocenters. The van der Waals surface area contributed by atoms with Crippen LogP contribution in [0.2, 0.25) is 0 Å². The van der Waals surface area contributed by atoms with Gasteiger partial charge in [-0.3, -0.25) is 14.5 Å². The number of aromatic nitrogens is 1. The first-order valence-electron chi connectivity index (χ1n) is 11.0. The van der Waals surface area contributed by atoms with E-state index >= 15 is 0 Å². The van der Waals surface area contributed by atoms with E-state index in [-0.39, 0.29) is 11.3 Å². The third-order valence-electron chi connectivity index (χ3n) is 5.76. The molecule has 2 aromatic heterocycles. The van der Waals surface area contributed by atoms with Gasteiger partial charge < -0.3 is 9.84 Å². The Kier molecular flexibility index (Phi) is 5.93. The number of Topliss-reactive ketones (excluding diaryl/α,β-unsaturated/α-hetero) is 1. The highest BCUT2D eigenvalue weighted by Crippen LogP contribution is 2.45. The number of nitrogens with zero attached hydrogens (tertiary/aromatic N) is 2. The van der Waals surface area contributed by atoms with Crippen molar-refractivity contribution < 1.29 is 19.4 Å². The van der Waals surface area contributed by atoms with Crippen molar-refractivity contribution in [2.45, 2.75) is 26.3 Å². The number of hydrogen-bond donors (Lipinski definition) is 1. The lowest BCUT2D eigenvalue weighted by atomic mass is 9.99. The van der Waals surface area contributed by atoms with Gasteiger partial charge >= 0.3 is 5.91 Å². The molecule has 1 fully saturated rings. The van der Waals surface area contributed by atoms with Crippen LogP contribution in [0.15, 0.2) is 65.6 Å². The van der Waals surface area contributed by atoms with Crippen molar-refractivity contribution >= 4 is 55.5 Å². The third-order valence-corrected chi connectivity index (χ3v) is 7.70. The monoisotopic (exact) mass is 490 g/mol. The Bertz CT molecular complexity index is 1400. The van der Waals surface area contributed by atoms with Crippen LogP contribution >= 0.6 is 22.7 Å². The van der Waals surface area contributed by atoms with Crippen LogP contribution in [0, 0.1) is 0 Å². The average molecular weight is 491 g/mol. The van der Waals surface area contributed by atoms with E-state index in [4.69, 9.17) is 4.74 Å². The number of ether oxygens (including phenoxy) is 1. The number of ketones is 1. The molecule has 6 nitrogen and oxygen atoms in total. The fourth-order valence-electron chi connectivity index (χ4n) is 4.05. The van der Waals surface area contributed by atoms with Crippen LogP contribution in [0.4, 0.5) is 5.13 Å². The topological polar surface area (TPSA) is 79.7 Å². The molecule has 8 heteroatoms. The van der Waals surface area contributed by atoms with Gasteiger partial charge in [0.25, 0.3) is 5.78 Å².